The number of nitrogens with zero attached hydrogens (tertiary/aromatic N) is 1. The van der Waals surface area contributed by atoms with E-state index in [4.69, 9.17) is 22.1 Å². The maximum atomic E-state index is 11.2. The number of carbonyl (C=O) groups is 1. The number of ether oxygens (including phenoxy) is 1. The Morgan fingerprint density at radius 3 is 2.85 bits per heavy atom. The van der Waals surface area contributed by atoms with Crippen LogP contribution in [0.1, 0.15) is 12.5 Å². The molecule has 20 heavy (non-hydrogen) atoms. The maximum Gasteiger partial charge on any atom is 0.236 e. The second kappa shape index (κ2) is 8.79. The molecule has 1 amide bonds. The Morgan fingerprint density at radius 2 is 2.25 bits per heavy atom. The standard InChI is InChI=1S/C14H22ClN3O2/c1-3-18(10-14(16)19)13-6-4-5-12(15)11(13)9-17-7-8-20-2/h4-6,17H,3,7-10H2,1-2H3,(H2,16,19). The molecule has 0 aliphatic carbocycles. The molecule has 0 aliphatic heterocycles. The third-order valence-electron chi connectivity index (χ3n) is 2.95. The van der Waals surface area contributed by atoms with E-state index >= 15 is 0 Å². The Hall–Kier alpha value is -1.30. The number of methoxy groups -OCH3 is 1. The zero-order chi connectivity index (χ0) is 15.0. The highest BCUT2D eigenvalue weighted by molar-refractivity contribution is 6.31. The van der Waals surface area contributed by atoms with Gasteiger partial charge >= 0.3 is 0 Å². The fourth-order valence-electron chi connectivity index (χ4n) is 1.96. The summed E-state index contributed by atoms with van der Waals surface area (Å²) in [5, 5.41) is 3.94. The largest absolute Gasteiger partial charge is 0.383 e. The molecule has 0 unspecified atom stereocenters. The van der Waals surface area contributed by atoms with Crippen LogP contribution in [0.5, 0.6) is 0 Å². The minimum atomic E-state index is -0.356. The van der Waals surface area contributed by atoms with E-state index in [0.717, 1.165) is 17.8 Å². The summed E-state index contributed by atoms with van der Waals surface area (Å²) in [6, 6.07) is 5.67. The first-order valence-corrected chi connectivity index (χ1v) is 6.98. The first kappa shape index (κ1) is 16.8. The number of anilines is 1. The number of amides is 1. The van der Waals surface area contributed by atoms with Crippen LogP contribution in [0.3, 0.4) is 0 Å². The van der Waals surface area contributed by atoms with Crippen LogP contribution in [0.15, 0.2) is 18.2 Å². The normalized spacial score (nSPS) is 10.6. The Morgan fingerprint density at radius 1 is 1.50 bits per heavy atom. The van der Waals surface area contributed by atoms with Crippen molar-refractivity contribution in [1.82, 2.24) is 5.32 Å². The first-order valence-electron chi connectivity index (χ1n) is 6.60. The van der Waals surface area contributed by atoms with Crippen molar-refractivity contribution in [2.45, 2.75) is 13.5 Å². The van der Waals surface area contributed by atoms with E-state index in [1.807, 2.05) is 30.0 Å². The van der Waals surface area contributed by atoms with Crippen molar-refractivity contribution in [3.63, 3.8) is 0 Å². The minimum absolute atomic E-state index is 0.182. The molecule has 1 aromatic carbocycles. The summed E-state index contributed by atoms with van der Waals surface area (Å²) in [4.78, 5) is 13.1. The molecule has 1 rings (SSSR count). The van der Waals surface area contributed by atoms with Crippen molar-refractivity contribution in [2.75, 3.05) is 38.3 Å². The Kier molecular flexibility index (Phi) is 7.36. The third kappa shape index (κ3) is 5.00. The molecule has 0 saturated heterocycles. The molecule has 5 nitrogen and oxygen atoms in total. The molecule has 0 atom stereocenters. The summed E-state index contributed by atoms with van der Waals surface area (Å²) in [5.74, 6) is -0.356. The highest BCUT2D eigenvalue weighted by Crippen LogP contribution is 2.27. The Bertz CT molecular complexity index is 440. The van der Waals surface area contributed by atoms with Crippen LogP contribution in [-0.2, 0) is 16.1 Å². The molecule has 0 aromatic heterocycles. The molecule has 3 N–H and O–H groups in total. The van der Waals surface area contributed by atoms with Gasteiger partial charge in [0.25, 0.3) is 0 Å². The third-order valence-corrected chi connectivity index (χ3v) is 3.30. The Balaban J connectivity index is 2.88. The topological polar surface area (TPSA) is 67.6 Å². The predicted octanol–water partition coefficient (Wildman–Crippen LogP) is 1.39. The number of hydrogen-bond acceptors (Lipinski definition) is 4. The second-order valence-electron chi connectivity index (χ2n) is 4.39. The van der Waals surface area contributed by atoms with Gasteiger partial charge in [-0.25, -0.2) is 0 Å². The van der Waals surface area contributed by atoms with Crippen LogP contribution in [0, 0.1) is 0 Å². The van der Waals surface area contributed by atoms with E-state index in [2.05, 4.69) is 5.32 Å². The summed E-state index contributed by atoms with van der Waals surface area (Å²) in [5.41, 5.74) is 7.19. The van der Waals surface area contributed by atoms with Gasteiger partial charge in [0.05, 0.1) is 13.2 Å². The van der Waals surface area contributed by atoms with Crippen molar-refractivity contribution in [3.8, 4) is 0 Å². The van der Waals surface area contributed by atoms with Crippen LogP contribution < -0.4 is 16.0 Å². The number of likely N-dealkylation sites (N-methyl/N-ethyl adjacent to an activating group) is 1. The molecule has 0 heterocycles. The molecule has 0 saturated carbocycles. The van der Waals surface area contributed by atoms with Crippen molar-refractivity contribution < 1.29 is 9.53 Å². The van der Waals surface area contributed by atoms with E-state index < -0.39 is 0 Å². The number of rotatable bonds is 9. The van der Waals surface area contributed by atoms with E-state index in [-0.39, 0.29) is 12.5 Å². The Labute approximate surface area is 125 Å². The fourth-order valence-corrected chi connectivity index (χ4v) is 2.20. The lowest BCUT2D eigenvalue weighted by atomic mass is 10.1. The van der Waals surface area contributed by atoms with Crippen LogP contribution in [0.4, 0.5) is 5.69 Å². The lowest BCUT2D eigenvalue weighted by Gasteiger charge is -2.25. The van der Waals surface area contributed by atoms with Crippen molar-refractivity contribution in [2.24, 2.45) is 5.73 Å². The average Bonchev–Trinajstić information content (AvgIpc) is 2.42. The highest BCUT2D eigenvalue weighted by atomic mass is 35.5. The molecule has 0 spiro atoms. The number of halogens is 1. The maximum absolute atomic E-state index is 11.2. The van der Waals surface area contributed by atoms with Gasteiger partial charge in [-0.2, -0.15) is 0 Å². The van der Waals surface area contributed by atoms with Gasteiger partial charge in [-0.3, -0.25) is 4.79 Å². The number of nitrogens with one attached hydrogen (secondary N) is 1. The van der Waals surface area contributed by atoms with Gasteiger partial charge in [0, 0.05) is 43.0 Å². The van der Waals surface area contributed by atoms with Gasteiger partial charge in [0.1, 0.15) is 0 Å². The van der Waals surface area contributed by atoms with Crippen LogP contribution in [0.2, 0.25) is 5.02 Å². The summed E-state index contributed by atoms with van der Waals surface area (Å²) in [6.07, 6.45) is 0. The number of nitrogens with two attached hydrogens (primary N) is 1. The molecule has 112 valence electrons. The number of carbonyl (C=O) groups excluding carboxylic acids is 1. The van der Waals surface area contributed by atoms with Gasteiger partial charge in [-0.15, -0.1) is 0 Å². The summed E-state index contributed by atoms with van der Waals surface area (Å²) in [6.45, 7) is 4.84. The van der Waals surface area contributed by atoms with Crippen molar-refractivity contribution in [1.29, 1.82) is 0 Å². The number of hydrogen-bond donors (Lipinski definition) is 2. The monoisotopic (exact) mass is 299 g/mol. The van der Waals surface area contributed by atoms with Crippen LogP contribution in [0.25, 0.3) is 0 Å². The van der Waals surface area contributed by atoms with Gasteiger partial charge in [-0.05, 0) is 19.1 Å². The number of benzene rings is 1. The molecule has 0 bridgehead atoms. The first-order chi connectivity index (χ1) is 9.60. The van der Waals surface area contributed by atoms with Crippen LogP contribution >= 0.6 is 11.6 Å². The molecule has 0 aliphatic rings. The van der Waals surface area contributed by atoms with Gasteiger partial charge in [-0.1, -0.05) is 17.7 Å². The molecular formula is C14H22ClN3O2. The zero-order valence-electron chi connectivity index (χ0n) is 12.0. The van der Waals surface area contributed by atoms with E-state index in [1.165, 1.54) is 0 Å². The summed E-state index contributed by atoms with van der Waals surface area (Å²) < 4.78 is 4.99. The van der Waals surface area contributed by atoms with E-state index in [0.29, 0.717) is 24.7 Å². The summed E-state index contributed by atoms with van der Waals surface area (Å²) >= 11 is 6.27. The van der Waals surface area contributed by atoms with E-state index in [1.54, 1.807) is 7.11 Å². The van der Waals surface area contributed by atoms with Gasteiger partial charge < -0.3 is 20.7 Å². The zero-order valence-corrected chi connectivity index (χ0v) is 12.7. The lowest BCUT2D eigenvalue weighted by Crippen LogP contribution is -2.34. The van der Waals surface area contributed by atoms with Gasteiger partial charge in [0.15, 0.2) is 0 Å². The van der Waals surface area contributed by atoms with Crippen molar-refractivity contribution in [3.05, 3.63) is 28.8 Å². The smallest absolute Gasteiger partial charge is 0.236 e. The van der Waals surface area contributed by atoms with Crippen LogP contribution in [-0.4, -0.2) is 39.3 Å². The SMILES string of the molecule is CCN(CC(N)=O)c1cccc(Cl)c1CNCCOC. The predicted molar refractivity (Wildman–Crippen MR) is 82.1 cm³/mol. The lowest BCUT2D eigenvalue weighted by molar-refractivity contribution is -0.116. The molecular weight excluding hydrogens is 278 g/mol. The minimum Gasteiger partial charge on any atom is -0.383 e. The van der Waals surface area contributed by atoms with Gasteiger partial charge in [0.2, 0.25) is 5.91 Å². The summed E-state index contributed by atoms with van der Waals surface area (Å²) in [7, 11) is 1.66. The molecule has 0 radical (unpaired) electrons. The average molecular weight is 300 g/mol. The number of primary amides is 1. The van der Waals surface area contributed by atoms with Crippen molar-refractivity contribution >= 4 is 23.2 Å². The molecule has 0 fully saturated rings. The molecule has 6 heteroatoms. The fraction of sp³-hybridized carbons (Fsp3) is 0.500. The molecule has 1 aromatic rings. The quantitative estimate of drug-likeness (QED) is 0.676. The van der Waals surface area contributed by atoms with E-state index in [9.17, 15) is 4.79 Å². The second-order valence-corrected chi connectivity index (χ2v) is 4.79. The highest BCUT2D eigenvalue weighted by Gasteiger charge is 2.14.